The van der Waals surface area contributed by atoms with Crippen molar-refractivity contribution in [1.29, 1.82) is 0 Å². The Bertz CT molecular complexity index is 979. The Kier molecular flexibility index (Phi) is 4.93. The van der Waals surface area contributed by atoms with Crippen LogP contribution in [0.25, 0.3) is 16.8 Å². The van der Waals surface area contributed by atoms with Gasteiger partial charge in [0.15, 0.2) is 0 Å². The molecule has 0 spiro atoms. The summed E-state index contributed by atoms with van der Waals surface area (Å²) in [6, 6.07) is 22.9. The molecule has 0 bridgehead atoms. The molecule has 0 unspecified atom stereocenters. The van der Waals surface area contributed by atoms with Crippen LogP contribution in [0, 0.1) is 6.92 Å². The quantitative estimate of drug-likeness (QED) is 0.645. The Balaban J connectivity index is 1.42. The summed E-state index contributed by atoms with van der Waals surface area (Å²) < 4.78 is 0. The molecule has 1 amide bonds. The Morgan fingerprint density at radius 1 is 0.852 bits per heavy atom. The predicted molar refractivity (Wildman–Crippen MR) is 113 cm³/mol. The first-order chi connectivity index (χ1) is 13.2. The minimum atomic E-state index is 0.0902. The first-order valence-electron chi connectivity index (χ1n) is 9.48. The lowest BCUT2D eigenvalue weighted by Gasteiger charge is -2.36. The van der Waals surface area contributed by atoms with Crippen LogP contribution >= 0.6 is 0 Å². The standard InChI is InChI=1S/C24H24N2O/c1-19-7-2-5-12-23(19)25-15-17-26(18-16-25)24(27)14-13-21-10-6-9-20-8-3-4-11-22(20)21/h2-14H,15-18H2,1H3. The maximum absolute atomic E-state index is 12.6. The van der Waals surface area contributed by atoms with Crippen LogP contribution in [0.15, 0.2) is 72.8 Å². The molecule has 4 rings (SSSR count). The second-order valence-corrected chi connectivity index (χ2v) is 7.00. The number of carbonyl (C=O) groups excluding carboxylic acids is 1. The van der Waals surface area contributed by atoms with Crippen molar-refractivity contribution in [2.75, 3.05) is 31.1 Å². The van der Waals surface area contributed by atoms with Crippen LogP contribution in [0.3, 0.4) is 0 Å². The monoisotopic (exact) mass is 356 g/mol. The van der Waals surface area contributed by atoms with Crippen molar-refractivity contribution in [1.82, 2.24) is 4.90 Å². The van der Waals surface area contributed by atoms with E-state index in [2.05, 4.69) is 60.4 Å². The molecule has 136 valence electrons. The molecule has 27 heavy (non-hydrogen) atoms. The van der Waals surface area contributed by atoms with E-state index in [1.807, 2.05) is 29.2 Å². The number of benzene rings is 3. The molecule has 1 fully saturated rings. The van der Waals surface area contributed by atoms with Crippen LogP contribution in [0.5, 0.6) is 0 Å². The van der Waals surface area contributed by atoms with Gasteiger partial charge in [-0.2, -0.15) is 0 Å². The van der Waals surface area contributed by atoms with Crippen molar-refractivity contribution in [2.45, 2.75) is 6.92 Å². The zero-order valence-electron chi connectivity index (χ0n) is 15.6. The number of aryl methyl sites for hydroxylation is 1. The number of anilines is 1. The number of amides is 1. The van der Waals surface area contributed by atoms with E-state index in [0.717, 1.165) is 31.7 Å². The molecular weight excluding hydrogens is 332 g/mol. The third kappa shape index (κ3) is 3.72. The number of hydrogen-bond acceptors (Lipinski definition) is 2. The zero-order valence-corrected chi connectivity index (χ0v) is 15.6. The van der Waals surface area contributed by atoms with Gasteiger partial charge in [0.2, 0.25) is 5.91 Å². The van der Waals surface area contributed by atoms with E-state index in [-0.39, 0.29) is 5.91 Å². The van der Waals surface area contributed by atoms with Crippen LogP contribution < -0.4 is 4.90 Å². The summed E-state index contributed by atoms with van der Waals surface area (Å²) in [5, 5.41) is 2.37. The number of rotatable bonds is 3. The molecule has 1 aliphatic heterocycles. The number of carbonyl (C=O) groups is 1. The fourth-order valence-electron chi connectivity index (χ4n) is 3.75. The van der Waals surface area contributed by atoms with Crippen molar-refractivity contribution < 1.29 is 4.79 Å². The molecule has 3 heteroatoms. The molecule has 3 aromatic rings. The zero-order chi connectivity index (χ0) is 18.6. The molecule has 1 aliphatic rings. The van der Waals surface area contributed by atoms with Crippen molar-refractivity contribution in [3.63, 3.8) is 0 Å². The predicted octanol–water partition coefficient (Wildman–Crippen LogP) is 4.51. The maximum Gasteiger partial charge on any atom is 0.246 e. The lowest BCUT2D eigenvalue weighted by atomic mass is 10.0. The van der Waals surface area contributed by atoms with Gasteiger partial charge in [-0.25, -0.2) is 0 Å². The van der Waals surface area contributed by atoms with Crippen LogP contribution in [0.2, 0.25) is 0 Å². The SMILES string of the molecule is Cc1ccccc1N1CCN(C(=O)C=Cc2cccc3ccccc23)CC1. The summed E-state index contributed by atoms with van der Waals surface area (Å²) in [6.07, 6.45) is 3.66. The number of para-hydroxylation sites is 1. The Morgan fingerprint density at radius 3 is 2.37 bits per heavy atom. The molecule has 0 N–H and O–H groups in total. The Hall–Kier alpha value is -3.07. The van der Waals surface area contributed by atoms with Gasteiger partial charge < -0.3 is 9.80 Å². The summed E-state index contributed by atoms with van der Waals surface area (Å²) in [6.45, 7) is 5.40. The second kappa shape index (κ2) is 7.67. The molecule has 0 aromatic heterocycles. The molecule has 3 aromatic carbocycles. The van der Waals surface area contributed by atoms with Gasteiger partial charge in [-0.3, -0.25) is 4.79 Å². The smallest absolute Gasteiger partial charge is 0.246 e. The molecule has 1 saturated heterocycles. The van der Waals surface area contributed by atoms with E-state index < -0.39 is 0 Å². The van der Waals surface area contributed by atoms with Gasteiger partial charge in [-0.1, -0.05) is 60.7 Å². The average molecular weight is 356 g/mol. The van der Waals surface area contributed by atoms with Crippen LogP contribution in [0.1, 0.15) is 11.1 Å². The summed E-state index contributed by atoms with van der Waals surface area (Å²) >= 11 is 0. The molecule has 0 radical (unpaired) electrons. The fourth-order valence-corrected chi connectivity index (χ4v) is 3.75. The number of piperazine rings is 1. The minimum absolute atomic E-state index is 0.0902. The van der Waals surface area contributed by atoms with Gasteiger partial charge in [-0.05, 0) is 41.0 Å². The summed E-state index contributed by atoms with van der Waals surface area (Å²) in [5.41, 5.74) is 3.64. The van der Waals surface area contributed by atoms with E-state index in [1.165, 1.54) is 22.0 Å². The molecular formula is C24H24N2O. The van der Waals surface area contributed by atoms with Gasteiger partial charge in [-0.15, -0.1) is 0 Å². The first kappa shape index (κ1) is 17.3. The highest BCUT2D eigenvalue weighted by molar-refractivity contribution is 5.96. The molecule has 3 nitrogen and oxygen atoms in total. The van der Waals surface area contributed by atoms with Crippen LogP contribution in [0.4, 0.5) is 5.69 Å². The summed E-state index contributed by atoms with van der Waals surface area (Å²) in [5.74, 6) is 0.0902. The van der Waals surface area contributed by atoms with E-state index in [9.17, 15) is 4.79 Å². The normalized spacial score (nSPS) is 14.9. The topological polar surface area (TPSA) is 23.6 Å². The second-order valence-electron chi connectivity index (χ2n) is 7.00. The molecule has 0 aliphatic carbocycles. The lowest BCUT2D eigenvalue weighted by molar-refractivity contribution is -0.126. The average Bonchev–Trinajstić information content (AvgIpc) is 2.72. The Morgan fingerprint density at radius 2 is 1.56 bits per heavy atom. The van der Waals surface area contributed by atoms with Crippen LogP contribution in [-0.4, -0.2) is 37.0 Å². The molecule has 0 atom stereocenters. The largest absolute Gasteiger partial charge is 0.368 e. The molecule has 1 heterocycles. The van der Waals surface area contributed by atoms with E-state index >= 15 is 0 Å². The van der Waals surface area contributed by atoms with Gasteiger partial charge in [0.05, 0.1) is 0 Å². The highest BCUT2D eigenvalue weighted by Crippen LogP contribution is 2.22. The van der Waals surface area contributed by atoms with E-state index in [1.54, 1.807) is 6.08 Å². The van der Waals surface area contributed by atoms with E-state index in [0.29, 0.717) is 0 Å². The first-order valence-corrected chi connectivity index (χ1v) is 9.48. The van der Waals surface area contributed by atoms with Gasteiger partial charge in [0.1, 0.15) is 0 Å². The minimum Gasteiger partial charge on any atom is -0.368 e. The van der Waals surface area contributed by atoms with E-state index in [4.69, 9.17) is 0 Å². The third-order valence-electron chi connectivity index (χ3n) is 5.28. The van der Waals surface area contributed by atoms with Crippen molar-refractivity contribution in [2.24, 2.45) is 0 Å². The highest BCUT2D eigenvalue weighted by Gasteiger charge is 2.20. The lowest BCUT2D eigenvalue weighted by Crippen LogP contribution is -2.48. The Labute approximate surface area is 160 Å². The van der Waals surface area contributed by atoms with Crippen LogP contribution in [-0.2, 0) is 4.79 Å². The number of nitrogens with zero attached hydrogens (tertiary/aromatic N) is 2. The number of hydrogen-bond donors (Lipinski definition) is 0. The third-order valence-corrected chi connectivity index (χ3v) is 5.28. The molecule has 0 saturated carbocycles. The number of fused-ring (bicyclic) bond motifs is 1. The van der Waals surface area contributed by atoms with Crippen molar-refractivity contribution in [3.05, 3.63) is 83.9 Å². The van der Waals surface area contributed by atoms with Crippen molar-refractivity contribution >= 4 is 28.4 Å². The maximum atomic E-state index is 12.6. The van der Waals surface area contributed by atoms with Crippen molar-refractivity contribution in [3.8, 4) is 0 Å². The fraction of sp³-hybridized carbons (Fsp3) is 0.208. The summed E-state index contributed by atoms with van der Waals surface area (Å²) in [4.78, 5) is 16.9. The van der Waals surface area contributed by atoms with Gasteiger partial charge >= 0.3 is 0 Å². The highest BCUT2D eigenvalue weighted by atomic mass is 16.2. The summed E-state index contributed by atoms with van der Waals surface area (Å²) in [7, 11) is 0. The van der Waals surface area contributed by atoms with Gasteiger partial charge in [0.25, 0.3) is 0 Å². The van der Waals surface area contributed by atoms with Gasteiger partial charge in [0, 0.05) is 37.9 Å².